The van der Waals surface area contributed by atoms with E-state index in [-0.39, 0.29) is 0 Å². The average molecular weight is 307 g/mol. The first-order valence-corrected chi connectivity index (χ1v) is 7.37. The monoisotopic (exact) mass is 306 g/mol. The summed E-state index contributed by atoms with van der Waals surface area (Å²) in [7, 11) is 1.58. The lowest BCUT2D eigenvalue weighted by atomic mass is 10.2. The molecule has 1 aromatic carbocycles. The Balaban J connectivity index is 2.48. The van der Waals surface area contributed by atoms with Crippen LogP contribution in [0.1, 0.15) is 41.6 Å². The molecule has 0 saturated carbocycles. The number of imidazole rings is 1. The van der Waals surface area contributed by atoms with Gasteiger partial charge in [0.05, 0.1) is 18.5 Å². The molecule has 0 aliphatic heterocycles. The Morgan fingerprint density at radius 1 is 1.43 bits per heavy atom. The van der Waals surface area contributed by atoms with E-state index >= 15 is 0 Å². The van der Waals surface area contributed by atoms with Crippen molar-refractivity contribution >= 4 is 16.8 Å². The number of carbonyl (C=O) groups is 1. The van der Waals surface area contributed by atoms with Crippen LogP contribution < -0.4 is 4.74 Å². The first-order chi connectivity index (χ1) is 10.1. The highest BCUT2D eigenvalue weighted by molar-refractivity contribution is 6.67. The average Bonchev–Trinajstić information content (AvgIpc) is 2.85. The van der Waals surface area contributed by atoms with E-state index in [1.807, 2.05) is 23.8 Å². The summed E-state index contributed by atoms with van der Waals surface area (Å²) in [4.78, 5) is 15.8. The fourth-order valence-corrected chi connectivity index (χ4v) is 2.38. The van der Waals surface area contributed by atoms with Crippen molar-refractivity contribution in [3.8, 4) is 11.4 Å². The van der Waals surface area contributed by atoms with Crippen LogP contribution >= 0.6 is 11.6 Å². The standard InChI is InChI=1S/C16H19ClN2O2/c1-4-5-6-15-18-11(2)10-19(15)13-8-7-12(16(17)20)9-14(13)21-3/h7-10H,4-6H2,1-3H3. The van der Waals surface area contributed by atoms with E-state index in [4.69, 9.17) is 16.3 Å². The summed E-state index contributed by atoms with van der Waals surface area (Å²) in [6, 6.07) is 5.20. The predicted octanol–water partition coefficient (Wildman–Crippen LogP) is 3.91. The topological polar surface area (TPSA) is 44.1 Å². The van der Waals surface area contributed by atoms with Gasteiger partial charge in [0.2, 0.25) is 0 Å². The lowest BCUT2D eigenvalue weighted by Gasteiger charge is -2.12. The minimum absolute atomic E-state index is 0.421. The van der Waals surface area contributed by atoms with E-state index in [0.717, 1.165) is 36.5 Å². The number of unbranched alkanes of at least 4 members (excludes halogenated alkanes) is 1. The Morgan fingerprint density at radius 3 is 2.81 bits per heavy atom. The first kappa shape index (κ1) is 15.6. The van der Waals surface area contributed by atoms with Crippen molar-refractivity contribution in [1.82, 2.24) is 9.55 Å². The van der Waals surface area contributed by atoms with Gasteiger partial charge in [-0.2, -0.15) is 0 Å². The fraction of sp³-hybridized carbons (Fsp3) is 0.375. The van der Waals surface area contributed by atoms with Gasteiger partial charge in [0.15, 0.2) is 0 Å². The van der Waals surface area contributed by atoms with Crippen LogP contribution in [0, 0.1) is 6.92 Å². The van der Waals surface area contributed by atoms with Crippen LogP contribution in [0.25, 0.3) is 5.69 Å². The zero-order valence-corrected chi connectivity index (χ0v) is 13.3. The van der Waals surface area contributed by atoms with Gasteiger partial charge in [0, 0.05) is 18.2 Å². The molecule has 0 radical (unpaired) electrons. The third kappa shape index (κ3) is 3.45. The number of nitrogens with zero attached hydrogens (tertiary/aromatic N) is 2. The van der Waals surface area contributed by atoms with E-state index in [2.05, 4.69) is 11.9 Å². The van der Waals surface area contributed by atoms with Crippen molar-refractivity contribution < 1.29 is 9.53 Å². The molecule has 4 nitrogen and oxygen atoms in total. The van der Waals surface area contributed by atoms with Gasteiger partial charge in [0.25, 0.3) is 5.24 Å². The van der Waals surface area contributed by atoms with Crippen molar-refractivity contribution in [3.63, 3.8) is 0 Å². The highest BCUT2D eigenvalue weighted by Crippen LogP contribution is 2.27. The Morgan fingerprint density at radius 2 is 2.19 bits per heavy atom. The number of halogens is 1. The van der Waals surface area contributed by atoms with Crippen LogP contribution in [0.3, 0.4) is 0 Å². The second kappa shape index (κ2) is 6.76. The molecule has 0 unspecified atom stereocenters. The molecule has 0 aliphatic rings. The number of aromatic nitrogens is 2. The highest BCUT2D eigenvalue weighted by Gasteiger charge is 2.13. The molecule has 112 valence electrons. The quantitative estimate of drug-likeness (QED) is 0.760. The maximum Gasteiger partial charge on any atom is 0.252 e. The second-order valence-electron chi connectivity index (χ2n) is 4.93. The van der Waals surface area contributed by atoms with Crippen molar-refractivity contribution in [2.75, 3.05) is 7.11 Å². The van der Waals surface area contributed by atoms with E-state index in [1.165, 1.54) is 0 Å². The second-order valence-corrected chi connectivity index (χ2v) is 5.28. The summed E-state index contributed by atoms with van der Waals surface area (Å²) < 4.78 is 7.42. The van der Waals surface area contributed by atoms with Gasteiger partial charge in [-0.05, 0) is 43.1 Å². The summed E-state index contributed by atoms with van der Waals surface area (Å²) in [5, 5.41) is -0.493. The summed E-state index contributed by atoms with van der Waals surface area (Å²) in [6.45, 7) is 4.12. The number of aryl methyl sites for hydroxylation is 2. The zero-order chi connectivity index (χ0) is 15.4. The third-order valence-corrected chi connectivity index (χ3v) is 3.54. The van der Waals surface area contributed by atoms with Gasteiger partial charge in [-0.3, -0.25) is 9.36 Å². The molecular weight excluding hydrogens is 288 g/mol. The van der Waals surface area contributed by atoms with Gasteiger partial charge in [-0.1, -0.05) is 13.3 Å². The summed E-state index contributed by atoms with van der Waals surface area (Å²) in [5.74, 6) is 1.61. The minimum atomic E-state index is -0.493. The number of hydrogen-bond acceptors (Lipinski definition) is 3. The largest absolute Gasteiger partial charge is 0.495 e. The fourth-order valence-electron chi connectivity index (χ4n) is 2.27. The highest BCUT2D eigenvalue weighted by atomic mass is 35.5. The molecule has 2 rings (SSSR count). The normalized spacial score (nSPS) is 10.7. The summed E-state index contributed by atoms with van der Waals surface area (Å²) in [5.41, 5.74) is 2.25. The molecule has 0 N–H and O–H groups in total. The lowest BCUT2D eigenvalue weighted by molar-refractivity contribution is 0.108. The van der Waals surface area contributed by atoms with Gasteiger partial charge >= 0.3 is 0 Å². The van der Waals surface area contributed by atoms with Crippen LogP contribution in [0.2, 0.25) is 0 Å². The number of benzene rings is 1. The van der Waals surface area contributed by atoms with E-state index in [9.17, 15) is 4.79 Å². The van der Waals surface area contributed by atoms with Crippen LogP contribution in [0.4, 0.5) is 0 Å². The van der Waals surface area contributed by atoms with E-state index < -0.39 is 5.24 Å². The maximum absolute atomic E-state index is 11.3. The number of ether oxygens (including phenoxy) is 1. The number of hydrogen-bond donors (Lipinski definition) is 0. The molecule has 0 amide bonds. The summed E-state index contributed by atoms with van der Waals surface area (Å²) in [6.07, 6.45) is 5.08. The number of methoxy groups -OCH3 is 1. The molecule has 1 heterocycles. The molecule has 0 saturated heterocycles. The van der Waals surface area contributed by atoms with Gasteiger partial charge in [-0.15, -0.1) is 0 Å². The number of rotatable bonds is 6. The molecule has 0 fully saturated rings. The minimum Gasteiger partial charge on any atom is -0.495 e. The van der Waals surface area contributed by atoms with Gasteiger partial charge in [0.1, 0.15) is 11.6 Å². The maximum atomic E-state index is 11.3. The van der Waals surface area contributed by atoms with Crippen molar-refractivity contribution in [2.45, 2.75) is 33.1 Å². The molecule has 1 aromatic heterocycles. The van der Waals surface area contributed by atoms with Gasteiger partial charge < -0.3 is 4.74 Å². The number of carbonyl (C=O) groups excluding carboxylic acids is 1. The molecule has 0 atom stereocenters. The zero-order valence-electron chi connectivity index (χ0n) is 12.5. The SMILES string of the molecule is CCCCc1nc(C)cn1-c1ccc(C(=O)Cl)cc1OC. The van der Waals surface area contributed by atoms with Crippen molar-refractivity contribution in [2.24, 2.45) is 0 Å². The Labute approximate surface area is 129 Å². The Hall–Kier alpha value is -1.81. The summed E-state index contributed by atoms with van der Waals surface area (Å²) >= 11 is 5.52. The molecule has 0 spiro atoms. The predicted molar refractivity (Wildman–Crippen MR) is 83.6 cm³/mol. The van der Waals surface area contributed by atoms with Crippen LogP contribution in [0.15, 0.2) is 24.4 Å². The van der Waals surface area contributed by atoms with Crippen LogP contribution in [-0.4, -0.2) is 21.9 Å². The van der Waals surface area contributed by atoms with Crippen molar-refractivity contribution in [1.29, 1.82) is 0 Å². The molecule has 0 bridgehead atoms. The smallest absolute Gasteiger partial charge is 0.252 e. The first-order valence-electron chi connectivity index (χ1n) is 7.00. The third-order valence-electron chi connectivity index (χ3n) is 3.32. The molecule has 21 heavy (non-hydrogen) atoms. The molecule has 2 aromatic rings. The Bertz CT molecular complexity index is 650. The van der Waals surface area contributed by atoms with E-state index in [1.54, 1.807) is 19.2 Å². The molecule has 5 heteroatoms. The van der Waals surface area contributed by atoms with Crippen LogP contribution in [0.5, 0.6) is 5.75 Å². The lowest BCUT2D eigenvalue weighted by Crippen LogP contribution is -2.04. The Kier molecular flexibility index (Phi) is 5.02. The van der Waals surface area contributed by atoms with Crippen LogP contribution in [-0.2, 0) is 6.42 Å². The molecular formula is C16H19ClN2O2. The molecule has 0 aliphatic carbocycles. The van der Waals surface area contributed by atoms with Crippen molar-refractivity contribution in [3.05, 3.63) is 41.5 Å². The van der Waals surface area contributed by atoms with Gasteiger partial charge in [-0.25, -0.2) is 4.98 Å². The van der Waals surface area contributed by atoms with E-state index in [0.29, 0.717) is 11.3 Å².